The Bertz CT molecular complexity index is 196. The topological polar surface area (TPSA) is 29.1 Å². The quantitative estimate of drug-likeness (QED) is 0.651. The van der Waals surface area contributed by atoms with E-state index in [1.54, 1.807) is 6.92 Å². The average Bonchev–Trinajstić information content (AvgIpc) is 2.30. The third kappa shape index (κ3) is 1.62. The summed E-state index contributed by atoms with van der Waals surface area (Å²) in [6, 6.07) is 0.340. The van der Waals surface area contributed by atoms with Gasteiger partial charge in [0.1, 0.15) is 5.78 Å². The Balaban J connectivity index is 2.68. The molecule has 2 nitrogen and oxygen atoms in total. The van der Waals surface area contributed by atoms with E-state index in [-0.39, 0.29) is 11.7 Å². The van der Waals surface area contributed by atoms with Crippen molar-refractivity contribution in [3.63, 3.8) is 0 Å². The molecule has 2 unspecified atom stereocenters. The highest BCUT2D eigenvalue weighted by atomic mass is 16.1. The van der Waals surface area contributed by atoms with Crippen molar-refractivity contribution >= 4 is 5.78 Å². The van der Waals surface area contributed by atoms with Crippen molar-refractivity contribution in [3.8, 4) is 0 Å². The largest absolute Gasteiger partial charge is 0.385 e. The first-order valence-corrected chi connectivity index (χ1v) is 4.10. The zero-order valence-corrected chi connectivity index (χ0v) is 7.35. The van der Waals surface area contributed by atoms with Crippen LogP contribution in [0.25, 0.3) is 0 Å². The molecule has 0 aromatic heterocycles. The second kappa shape index (κ2) is 3.07. The summed E-state index contributed by atoms with van der Waals surface area (Å²) in [5.41, 5.74) is 1.14. The minimum absolute atomic E-state index is 0.111. The van der Waals surface area contributed by atoms with Crippen LogP contribution >= 0.6 is 0 Å². The van der Waals surface area contributed by atoms with Gasteiger partial charge in [0.2, 0.25) is 0 Å². The molecule has 0 aliphatic carbocycles. The van der Waals surface area contributed by atoms with Gasteiger partial charge in [-0.15, -0.1) is 0 Å². The van der Waals surface area contributed by atoms with Crippen LogP contribution in [0.1, 0.15) is 27.2 Å². The number of allylic oxidation sites excluding steroid dienone is 1. The molecule has 2 atom stereocenters. The van der Waals surface area contributed by atoms with E-state index in [4.69, 9.17) is 0 Å². The molecule has 0 saturated carbocycles. The molecule has 0 spiro atoms. The molecule has 0 bridgehead atoms. The van der Waals surface area contributed by atoms with E-state index >= 15 is 0 Å². The summed E-state index contributed by atoms with van der Waals surface area (Å²) in [7, 11) is 0. The molecule has 0 radical (unpaired) electrons. The number of hydrogen-bond donors (Lipinski definition) is 1. The standard InChI is InChI=1S/C9H15NO/c1-4-9-8(7(3)11)5-6(2)10-9/h5,8-10H,4H2,1-3H3. The molecule has 1 N–H and O–H groups in total. The van der Waals surface area contributed by atoms with Gasteiger partial charge in [-0.1, -0.05) is 13.0 Å². The van der Waals surface area contributed by atoms with E-state index < -0.39 is 0 Å². The van der Waals surface area contributed by atoms with Crippen LogP contribution in [-0.4, -0.2) is 11.8 Å². The molecule has 0 amide bonds. The summed E-state index contributed by atoms with van der Waals surface area (Å²) in [4.78, 5) is 11.1. The zero-order valence-electron chi connectivity index (χ0n) is 7.35. The SMILES string of the molecule is CCC1NC(C)=CC1C(C)=O. The monoisotopic (exact) mass is 153 g/mol. The minimum Gasteiger partial charge on any atom is -0.385 e. The number of nitrogens with one attached hydrogen (secondary N) is 1. The molecular formula is C9H15NO. The Kier molecular flexibility index (Phi) is 2.32. The van der Waals surface area contributed by atoms with Gasteiger partial charge < -0.3 is 5.32 Å². The highest BCUT2D eigenvalue weighted by molar-refractivity contribution is 5.81. The zero-order chi connectivity index (χ0) is 8.43. The van der Waals surface area contributed by atoms with Gasteiger partial charge in [0, 0.05) is 11.7 Å². The predicted molar refractivity (Wildman–Crippen MR) is 45.1 cm³/mol. The summed E-state index contributed by atoms with van der Waals surface area (Å²) in [5.74, 6) is 0.376. The fraction of sp³-hybridized carbons (Fsp3) is 0.667. The van der Waals surface area contributed by atoms with E-state index in [9.17, 15) is 4.79 Å². The third-order valence-corrected chi connectivity index (χ3v) is 2.19. The van der Waals surface area contributed by atoms with Crippen molar-refractivity contribution in [2.24, 2.45) is 5.92 Å². The van der Waals surface area contributed by atoms with Crippen molar-refractivity contribution < 1.29 is 4.79 Å². The van der Waals surface area contributed by atoms with Crippen LogP contribution in [0.4, 0.5) is 0 Å². The molecule has 2 heteroatoms. The van der Waals surface area contributed by atoms with Crippen molar-refractivity contribution in [2.75, 3.05) is 0 Å². The van der Waals surface area contributed by atoms with Gasteiger partial charge in [-0.25, -0.2) is 0 Å². The number of rotatable bonds is 2. The Labute approximate surface area is 67.7 Å². The molecule has 0 aromatic rings. The normalized spacial score (nSPS) is 29.5. The van der Waals surface area contributed by atoms with E-state index in [0.717, 1.165) is 12.1 Å². The maximum atomic E-state index is 11.1. The predicted octanol–water partition coefficient (Wildman–Crippen LogP) is 1.48. The highest BCUT2D eigenvalue weighted by Crippen LogP contribution is 2.19. The minimum atomic E-state index is 0.111. The first-order chi connectivity index (χ1) is 5.15. The molecule has 1 aliphatic rings. The lowest BCUT2D eigenvalue weighted by atomic mass is 9.97. The summed E-state index contributed by atoms with van der Waals surface area (Å²) >= 11 is 0. The van der Waals surface area contributed by atoms with Gasteiger partial charge in [0.15, 0.2) is 0 Å². The van der Waals surface area contributed by atoms with Gasteiger partial charge >= 0.3 is 0 Å². The van der Waals surface area contributed by atoms with Gasteiger partial charge in [-0.2, -0.15) is 0 Å². The molecule has 0 fully saturated rings. The van der Waals surface area contributed by atoms with Crippen LogP contribution in [0.2, 0.25) is 0 Å². The Morgan fingerprint density at radius 2 is 2.36 bits per heavy atom. The Hall–Kier alpha value is -0.790. The lowest BCUT2D eigenvalue weighted by Crippen LogP contribution is -2.30. The molecule has 0 aromatic carbocycles. The summed E-state index contributed by atoms with van der Waals surface area (Å²) in [5, 5.41) is 3.28. The van der Waals surface area contributed by atoms with Crippen LogP contribution in [-0.2, 0) is 4.79 Å². The molecule has 1 rings (SSSR count). The van der Waals surface area contributed by atoms with E-state index in [1.807, 2.05) is 13.0 Å². The van der Waals surface area contributed by atoms with Gasteiger partial charge in [0.25, 0.3) is 0 Å². The lowest BCUT2D eigenvalue weighted by Gasteiger charge is -2.15. The second-order valence-electron chi connectivity index (χ2n) is 3.15. The smallest absolute Gasteiger partial charge is 0.138 e. The number of carbonyl (C=O) groups excluding carboxylic acids is 1. The van der Waals surface area contributed by atoms with Crippen molar-refractivity contribution in [3.05, 3.63) is 11.8 Å². The summed E-state index contributed by atoms with van der Waals surface area (Å²) < 4.78 is 0. The maximum absolute atomic E-state index is 11.1. The second-order valence-corrected chi connectivity index (χ2v) is 3.15. The van der Waals surface area contributed by atoms with Gasteiger partial charge in [0.05, 0.1) is 5.92 Å². The fourth-order valence-corrected chi connectivity index (χ4v) is 1.57. The summed E-state index contributed by atoms with van der Waals surface area (Å²) in [6.07, 6.45) is 3.04. The summed E-state index contributed by atoms with van der Waals surface area (Å²) in [6.45, 7) is 5.76. The van der Waals surface area contributed by atoms with Crippen molar-refractivity contribution in [2.45, 2.75) is 33.2 Å². The molecule has 1 heterocycles. The molecular weight excluding hydrogens is 138 g/mol. The van der Waals surface area contributed by atoms with Crippen LogP contribution in [0.3, 0.4) is 0 Å². The molecule has 1 aliphatic heterocycles. The van der Waals surface area contributed by atoms with Crippen molar-refractivity contribution in [1.82, 2.24) is 5.32 Å². The number of carbonyl (C=O) groups is 1. The van der Waals surface area contributed by atoms with Gasteiger partial charge in [-0.05, 0) is 20.3 Å². The highest BCUT2D eigenvalue weighted by Gasteiger charge is 2.26. The van der Waals surface area contributed by atoms with E-state index in [0.29, 0.717) is 6.04 Å². The molecule has 11 heavy (non-hydrogen) atoms. The first-order valence-electron chi connectivity index (χ1n) is 4.10. The fourth-order valence-electron chi connectivity index (χ4n) is 1.57. The first kappa shape index (κ1) is 8.31. The third-order valence-electron chi connectivity index (χ3n) is 2.19. The Morgan fingerprint density at radius 3 is 2.73 bits per heavy atom. The van der Waals surface area contributed by atoms with Crippen LogP contribution in [0, 0.1) is 5.92 Å². The number of ketones is 1. The average molecular weight is 153 g/mol. The lowest BCUT2D eigenvalue weighted by molar-refractivity contribution is -0.119. The van der Waals surface area contributed by atoms with E-state index in [2.05, 4.69) is 12.2 Å². The van der Waals surface area contributed by atoms with Crippen LogP contribution in [0.5, 0.6) is 0 Å². The molecule has 62 valence electrons. The Morgan fingerprint density at radius 1 is 1.73 bits per heavy atom. The molecule has 0 saturated heterocycles. The van der Waals surface area contributed by atoms with Gasteiger partial charge in [-0.3, -0.25) is 4.79 Å². The van der Waals surface area contributed by atoms with Crippen LogP contribution in [0.15, 0.2) is 11.8 Å². The van der Waals surface area contributed by atoms with E-state index in [1.165, 1.54) is 0 Å². The maximum Gasteiger partial charge on any atom is 0.138 e. The number of Topliss-reactive ketones (excluding diaryl/α,β-unsaturated/α-hetero) is 1. The number of hydrogen-bond acceptors (Lipinski definition) is 2. The van der Waals surface area contributed by atoms with Crippen LogP contribution < -0.4 is 5.32 Å². The van der Waals surface area contributed by atoms with Crippen molar-refractivity contribution in [1.29, 1.82) is 0 Å².